The molecule has 2 aromatic rings. The largest absolute Gasteiger partial charge is 0.494 e. The summed E-state index contributed by atoms with van der Waals surface area (Å²) in [6.07, 6.45) is 0.956. The van der Waals surface area contributed by atoms with Crippen LogP contribution >= 0.6 is 0 Å². The van der Waals surface area contributed by atoms with Gasteiger partial charge in [0.15, 0.2) is 0 Å². The Bertz CT molecular complexity index is 808. The van der Waals surface area contributed by atoms with Gasteiger partial charge in [-0.1, -0.05) is 31.2 Å². The van der Waals surface area contributed by atoms with Crippen molar-refractivity contribution < 1.29 is 14.5 Å². The molecule has 1 aliphatic heterocycles. The summed E-state index contributed by atoms with van der Waals surface area (Å²) >= 11 is 0. The van der Waals surface area contributed by atoms with Gasteiger partial charge in [-0.15, -0.1) is 0 Å². The summed E-state index contributed by atoms with van der Waals surface area (Å²) in [6, 6.07) is 13.7. The predicted molar refractivity (Wildman–Crippen MR) is 105 cm³/mol. The van der Waals surface area contributed by atoms with Gasteiger partial charge < -0.3 is 10.1 Å². The molecule has 0 saturated carbocycles. The van der Waals surface area contributed by atoms with Crippen LogP contribution in [0.3, 0.4) is 0 Å². The first-order chi connectivity index (χ1) is 13.6. The van der Waals surface area contributed by atoms with Crippen LogP contribution in [-0.4, -0.2) is 24.0 Å². The first kappa shape index (κ1) is 19.8. The second-order valence-corrected chi connectivity index (χ2v) is 6.67. The van der Waals surface area contributed by atoms with Crippen molar-refractivity contribution in [3.63, 3.8) is 0 Å². The number of nitrogens with zero attached hydrogens (tertiary/aromatic N) is 1. The molecular weight excluding hydrogens is 360 g/mol. The maximum atomic E-state index is 12.7. The Morgan fingerprint density at radius 2 is 1.93 bits per heavy atom. The lowest BCUT2D eigenvalue weighted by molar-refractivity contribution is -0.384. The highest BCUT2D eigenvalue weighted by Gasteiger charge is 2.33. The number of amides is 1. The molecule has 3 rings (SSSR count). The van der Waals surface area contributed by atoms with E-state index in [4.69, 9.17) is 4.74 Å². The minimum Gasteiger partial charge on any atom is -0.494 e. The summed E-state index contributed by atoms with van der Waals surface area (Å²) in [5.74, 6) is 0.431. The number of hydrogen-bond donors (Lipinski definition) is 3. The number of carbonyl (C=O) groups excluding carboxylic acids is 1. The lowest BCUT2D eigenvalue weighted by Gasteiger charge is -2.18. The van der Waals surface area contributed by atoms with E-state index in [-0.39, 0.29) is 23.6 Å². The highest BCUT2D eigenvalue weighted by molar-refractivity contribution is 5.80. The number of nitro groups is 1. The number of rotatable bonds is 8. The average molecular weight is 384 g/mol. The van der Waals surface area contributed by atoms with E-state index in [2.05, 4.69) is 23.1 Å². The topological polar surface area (TPSA) is 106 Å². The second kappa shape index (κ2) is 9.29. The number of benzene rings is 2. The van der Waals surface area contributed by atoms with Gasteiger partial charge in [-0.05, 0) is 29.7 Å². The third-order valence-electron chi connectivity index (χ3n) is 4.64. The highest BCUT2D eigenvalue weighted by Crippen LogP contribution is 2.26. The molecule has 148 valence electrons. The van der Waals surface area contributed by atoms with Crippen LogP contribution in [0.1, 0.15) is 30.5 Å². The van der Waals surface area contributed by atoms with Gasteiger partial charge in [0.25, 0.3) is 5.69 Å². The van der Waals surface area contributed by atoms with E-state index in [9.17, 15) is 14.9 Å². The molecule has 0 radical (unpaired) electrons. The number of hydrogen-bond acceptors (Lipinski definition) is 6. The second-order valence-electron chi connectivity index (χ2n) is 6.67. The fourth-order valence-corrected chi connectivity index (χ4v) is 3.10. The van der Waals surface area contributed by atoms with Crippen molar-refractivity contribution >= 4 is 11.6 Å². The molecule has 0 aliphatic carbocycles. The molecule has 1 fully saturated rings. The highest BCUT2D eigenvalue weighted by atomic mass is 16.6. The summed E-state index contributed by atoms with van der Waals surface area (Å²) in [5.41, 5.74) is 7.93. The Morgan fingerprint density at radius 3 is 2.57 bits per heavy atom. The maximum Gasteiger partial charge on any atom is 0.269 e. The van der Waals surface area contributed by atoms with Gasteiger partial charge in [0.05, 0.1) is 23.5 Å². The minimum atomic E-state index is -0.438. The minimum absolute atomic E-state index is 0.0297. The Kier molecular flexibility index (Phi) is 6.57. The Labute approximate surface area is 163 Å². The van der Waals surface area contributed by atoms with Crippen LogP contribution in [0.15, 0.2) is 48.5 Å². The zero-order valence-electron chi connectivity index (χ0n) is 15.7. The van der Waals surface area contributed by atoms with E-state index in [0.717, 1.165) is 23.3 Å². The summed E-state index contributed by atoms with van der Waals surface area (Å²) in [4.78, 5) is 23.0. The molecule has 0 bridgehead atoms. The van der Waals surface area contributed by atoms with Crippen molar-refractivity contribution in [2.45, 2.75) is 25.9 Å². The monoisotopic (exact) mass is 384 g/mol. The van der Waals surface area contributed by atoms with Gasteiger partial charge in [0.1, 0.15) is 5.75 Å². The normalized spacial score (nSPS) is 18.6. The number of nitrogens with one attached hydrogen (secondary N) is 3. The molecule has 8 heteroatoms. The van der Waals surface area contributed by atoms with Gasteiger partial charge in [0, 0.05) is 25.2 Å². The first-order valence-electron chi connectivity index (χ1n) is 9.30. The molecule has 2 unspecified atom stereocenters. The summed E-state index contributed by atoms with van der Waals surface area (Å²) in [6.45, 7) is 3.65. The third kappa shape index (κ3) is 4.85. The van der Waals surface area contributed by atoms with Crippen molar-refractivity contribution in [1.29, 1.82) is 0 Å². The molecule has 1 saturated heterocycles. The van der Waals surface area contributed by atoms with Crippen molar-refractivity contribution in [1.82, 2.24) is 16.2 Å². The molecule has 3 N–H and O–H groups in total. The lowest BCUT2D eigenvalue weighted by atomic mass is 9.94. The van der Waals surface area contributed by atoms with Crippen LogP contribution in [0.25, 0.3) is 0 Å². The number of nitro benzene ring substituents is 1. The van der Waals surface area contributed by atoms with Gasteiger partial charge >= 0.3 is 0 Å². The third-order valence-corrected chi connectivity index (χ3v) is 4.64. The molecule has 2 atom stereocenters. The molecule has 1 heterocycles. The van der Waals surface area contributed by atoms with E-state index >= 15 is 0 Å². The predicted octanol–water partition coefficient (Wildman–Crippen LogP) is 2.47. The van der Waals surface area contributed by atoms with Crippen LogP contribution in [0.5, 0.6) is 5.75 Å². The molecule has 1 aliphatic rings. The standard InChI is InChI=1S/C20H24N4O4/c1-2-11-28-17-9-3-14(4-10-17)12-21-20(25)18-13-22-23-19(18)15-5-7-16(8-6-15)24(26)27/h3-10,18-19,22-23H,2,11-13H2,1H3,(H,21,25). The molecule has 2 aromatic carbocycles. The van der Waals surface area contributed by atoms with Crippen LogP contribution in [0, 0.1) is 16.0 Å². The molecular formula is C20H24N4O4. The molecule has 8 nitrogen and oxygen atoms in total. The Morgan fingerprint density at radius 1 is 1.21 bits per heavy atom. The molecule has 1 amide bonds. The lowest BCUT2D eigenvalue weighted by Crippen LogP contribution is -2.34. The summed E-state index contributed by atoms with van der Waals surface area (Å²) < 4.78 is 5.56. The fraction of sp³-hybridized carbons (Fsp3) is 0.350. The van der Waals surface area contributed by atoms with E-state index in [1.54, 1.807) is 12.1 Å². The van der Waals surface area contributed by atoms with Crippen LogP contribution < -0.4 is 20.9 Å². The van der Waals surface area contributed by atoms with E-state index < -0.39 is 4.92 Å². The maximum absolute atomic E-state index is 12.7. The van der Waals surface area contributed by atoms with Crippen molar-refractivity contribution in [2.24, 2.45) is 5.92 Å². The van der Waals surface area contributed by atoms with E-state index in [1.165, 1.54) is 12.1 Å². The van der Waals surface area contributed by atoms with Crippen LogP contribution in [0.2, 0.25) is 0 Å². The van der Waals surface area contributed by atoms with Gasteiger partial charge in [-0.2, -0.15) is 0 Å². The van der Waals surface area contributed by atoms with Gasteiger partial charge in [-0.25, -0.2) is 5.43 Å². The van der Waals surface area contributed by atoms with Crippen LogP contribution in [-0.2, 0) is 11.3 Å². The summed E-state index contributed by atoms with van der Waals surface area (Å²) in [7, 11) is 0. The zero-order valence-corrected chi connectivity index (χ0v) is 15.7. The SMILES string of the molecule is CCCOc1ccc(CNC(=O)C2CNNC2c2ccc([N+](=O)[O-])cc2)cc1. The Hall–Kier alpha value is -2.97. The van der Waals surface area contributed by atoms with Crippen molar-refractivity contribution in [3.05, 3.63) is 69.8 Å². The number of non-ortho nitro benzene ring substituents is 1. The van der Waals surface area contributed by atoms with Crippen LogP contribution in [0.4, 0.5) is 5.69 Å². The van der Waals surface area contributed by atoms with Crippen molar-refractivity contribution in [3.8, 4) is 5.75 Å². The van der Waals surface area contributed by atoms with Gasteiger partial charge in [-0.3, -0.25) is 20.3 Å². The number of carbonyl (C=O) groups is 1. The molecule has 0 aromatic heterocycles. The quantitative estimate of drug-likeness (QED) is 0.477. The van der Waals surface area contributed by atoms with E-state index in [1.807, 2.05) is 24.3 Å². The fourth-order valence-electron chi connectivity index (χ4n) is 3.10. The zero-order chi connectivity index (χ0) is 19.9. The first-order valence-corrected chi connectivity index (χ1v) is 9.30. The van der Waals surface area contributed by atoms with Gasteiger partial charge in [0.2, 0.25) is 5.91 Å². The average Bonchev–Trinajstić information content (AvgIpc) is 3.21. The molecule has 0 spiro atoms. The summed E-state index contributed by atoms with van der Waals surface area (Å²) in [5, 5.41) is 13.8. The van der Waals surface area contributed by atoms with Crippen molar-refractivity contribution in [2.75, 3.05) is 13.2 Å². The number of ether oxygens (including phenoxy) is 1. The number of hydrazine groups is 1. The smallest absolute Gasteiger partial charge is 0.269 e. The molecule has 28 heavy (non-hydrogen) atoms. The Balaban J connectivity index is 1.57. The van der Waals surface area contributed by atoms with E-state index in [0.29, 0.717) is 19.7 Å².